The fraction of sp³-hybridized carbons (Fsp3) is 0.310. The minimum absolute atomic E-state index is 0.201. The minimum atomic E-state index is -0.254. The lowest BCUT2D eigenvalue weighted by molar-refractivity contribution is 0.0966. The summed E-state index contributed by atoms with van der Waals surface area (Å²) in [5, 5.41) is 12.6. The molecule has 0 bridgehead atoms. The summed E-state index contributed by atoms with van der Waals surface area (Å²) in [6.07, 6.45) is 3.72. The molecule has 1 fully saturated rings. The first kappa shape index (κ1) is 24.6. The van der Waals surface area contributed by atoms with Crippen LogP contribution in [0.4, 0.5) is 22.7 Å². The van der Waals surface area contributed by atoms with Gasteiger partial charge in [0.1, 0.15) is 5.75 Å². The number of nitrogens with one attached hydrogen (secondary N) is 4. The summed E-state index contributed by atoms with van der Waals surface area (Å²) in [5.74, 6) is 0.284. The molecule has 0 radical (unpaired) electrons. The van der Waals surface area contributed by atoms with Crippen molar-refractivity contribution in [2.75, 3.05) is 49.2 Å². The van der Waals surface area contributed by atoms with Crippen LogP contribution in [-0.4, -0.2) is 50.0 Å². The summed E-state index contributed by atoms with van der Waals surface area (Å²) in [5.41, 5.74) is 4.98. The first-order chi connectivity index (χ1) is 18.1. The number of hydrogen-bond acceptors (Lipinski definition) is 6. The molecular weight excluding hydrogens is 466 g/mol. The van der Waals surface area contributed by atoms with Crippen LogP contribution in [0.15, 0.2) is 60.7 Å². The lowest BCUT2D eigenvalue weighted by atomic mass is 10.0. The Morgan fingerprint density at radius 2 is 1.78 bits per heavy atom. The van der Waals surface area contributed by atoms with Crippen molar-refractivity contribution in [2.45, 2.75) is 25.8 Å². The molecule has 1 saturated heterocycles. The Balaban J connectivity index is 1.22. The van der Waals surface area contributed by atoms with Gasteiger partial charge in [0.15, 0.2) is 0 Å². The maximum absolute atomic E-state index is 13.0. The topological polar surface area (TPSA) is 94.7 Å². The molecule has 0 aliphatic carbocycles. The number of methoxy groups -OCH3 is 1. The van der Waals surface area contributed by atoms with Crippen molar-refractivity contribution >= 4 is 34.6 Å². The van der Waals surface area contributed by atoms with E-state index in [1.165, 1.54) is 25.9 Å². The third-order valence-corrected chi connectivity index (χ3v) is 6.89. The lowest BCUT2D eigenvalue weighted by Crippen LogP contribution is -2.22. The molecule has 0 aromatic heterocycles. The highest BCUT2D eigenvalue weighted by molar-refractivity contribution is 6.11. The van der Waals surface area contributed by atoms with Crippen LogP contribution in [0.25, 0.3) is 0 Å². The molecule has 37 heavy (non-hydrogen) atoms. The predicted molar refractivity (Wildman–Crippen MR) is 147 cm³/mol. The Hall–Kier alpha value is -4.04. The Labute approximate surface area is 217 Å². The molecule has 2 heterocycles. The fourth-order valence-corrected chi connectivity index (χ4v) is 4.90. The Morgan fingerprint density at radius 1 is 1.00 bits per heavy atom. The van der Waals surface area contributed by atoms with E-state index in [-0.39, 0.29) is 11.8 Å². The van der Waals surface area contributed by atoms with E-state index in [0.717, 1.165) is 47.9 Å². The van der Waals surface area contributed by atoms with Crippen LogP contribution in [0.3, 0.4) is 0 Å². The molecular formula is C29H33N5O3. The molecule has 2 aliphatic rings. The molecule has 8 nitrogen and oxygen atoms in total. The molecule has 3 aromatic carbocycles. The van der Waals surface area contributed by atoms with Crippen molar-refractivity contribution in [1.82, 2.24) is 10.2 Å². The van der Waals surface area contributed by atoms with E-state index in [9.17, 15) is 9.59 Å². The highest BCUT2D eigenvalue weighted by atomic mass is 16.5. The number of likely N-dealkylation sites (tertiary alicyclic amines) is 1. The van der Waals surface area contributed by atoms with Gasteiger partial charge in [0, 0.05) is 47.3 Å². The second-order valence-corrected chi connectivity index (χ2v) is 9.41. The fourth-order valence-electron chi connectivity index (χ4n) is 4.90. The molecule has 0 unspecified atom stereocenters. The van der Waals surface area contributed by atoms with Gasteiger partial charge in [0.2, 0.25) is 0 Å². The van der Waals surface area contributed by atoms with Gasteiger partial charge >= 0.3 is 0 Å². The highest BCUT2D eigenvalue weighted by Gasteiger charge is 2.26. The van der Waals surface area contributed by atoms with Gasteiger partial charge in [0.05, 0.1) is 18.4 Å². The van der Waals surface area contributed by atoms with Crippen molar-refractivity contribution < 1.29 is 14.3 Å². The van der Waals surface area contributed by atoms with Crippen molar-refractivity contribution in [1.29, 1.82) is 0 Å². The summed E-state index contributed by atoms with van der Waals surface area (Å²) < 4.78 is 5.30. The lowest BCUT2D eigenvalue weighted by Gasteiger charge is -2.15. The number of amides is 2. The minimum Gasteiger partial charge on any atom is -0.497 e. The maximum atomic E-state index is 13.0. The summed E-state index contributed by atoms with van der Waals surface area (Å²) in [7, 11) is 1.62. The number of hydrogen-bond donors (Lipinski definition) is 4. The first-order valence-corrected chi connectivity index (χ1v) is 12.8. The van der Waals surface area contributed by atoms with Gasteiger partial charge in [0.25, 0.3) is 11.8 Å². The van der Waals surface area contributed by atoms with E-state index in [4.69, 9.17) is 4.74 Å². The molecule has 2 amide bonds. The van der Waals surface area contributed by atoms with E-state index in [1.54, 1.807) is 25.3 Å². The third-order valence-electron chi connectivity index (χ3n) is 6.89. The first-order valence-electron chi connectivity index (χ1n) is 12.8. The summed E-state index contributed by atoms with van der Waals surface area (Å²) in [6, 6.07) is 18.7. The highest BCUT2D eigenvalue weighted by Crippen LogP contribution is 2.33. The van der Waals surface area contributed by atoms with Crippen molar-refractivity contribution in [3.8, 4) is 5.75 Å². The number of benzene rings is 3. The molecule has 0 saturated carbocycles. The summed E-state index contributed by atoms with van der Waals surface area (Å²) >= 11 is 0. The standard InChI is InChI=1S/C29H33N5O3/c1-37-23-7-4-6-22(18-23)32-25-12-13-26(27-24(25)19-31-29(27)36)33-28(35)20-8-10-21(11-9-20)30-14-5-17-34-15-2-3-16-34/h4,6-13,18,30,32H,2-3,5,14-17,19H2,1H3,(H,31,36)(H,33,35). The number of carbonyl (C=O) groups is 2. The third kappa shape index (κ3) is 5.86. The Bertz CT molecular complexity index is 1270. The van der Waals surface area contributed by atoms with Gasteiger partial charge in [-0.1, -0.05) is 6.07 Å². The molecule has 5 rings (SSSR count). The van der Waals surface area contributed by atoms with Crippen molar-refractivity contribution in [3.05, 3.63) is 77.4 Å². The number of carbonyl (C=O) groups excluding carboxylic acids is 2. The van der Waals surface area contributed by atoms with Crippen molar-refractivity contribution in [2.24, 2.45) is 0 Å². The number of ether oxygens (including phenoxy) is 1. The van der Waals surface area contributed by atoms with Gasteiger partial charge in [-0.05, 0) is 87.4 Å². The average Bonchev–Trinajstić information content (AvgIpc) is 3.59. The average molecular weight is 500 g/mol. The van der Waals surface area contributed by atoms with Gasteiger partial charge in [-0.15, -0.1) is 0 Å². The van der Waals surface area contributed by atoms with Crippen molar-refractivity contribution in [3.63, 3.8) is 0 Å². The number of anilines is 4. The van der Waals surface area contributed by atoms with E-state index < -0.39 is 0 Å². The molecule has 192 valence electrons. The number of nitrogens with zero attached hydrogens (tertiary/aromatic N) is 1. The van der Waals surface area contributed by atoms with Crippen LogP contribution >= 0.6 is 0 Å². The SMILES string of the molecule is COc1cccc(Nc2ccc(NC(=O)c3ccc(NCCCN4CCCC4)cc3)c3c2CNC3=O)c1. The van der Waals surface area contributed by atoms with Gasteiger partial charge in [-0.25, -0.2) is 0 Å². The Morgan fingerprint density at radius 3 is 2.57 bits per heavy atom. The van der Waals surface area contributed by atoms with Crippen LogP contribution in [-0.2, 0) is 6.54 Å². The molecule has 8 heteroatoms. The van der Waals surface area contributed by atoms with Crippen LogP contribution in [0.2, 0.25) is 0 Å². The largest absolute Gasteiger partial charge is 0.497 e. The molecule has 0 atom stereocenters. The number of fused-ring (bicyclic) bond motifs is 1. The second-order valence-electron chi connectivity index (χ2n) is 9.41. The molecule has 3 aromatic rings. The Kier molecular flexibility index (Phi) is 7.56. The monoisotopic (exact) mass is 499 g/mol. The van der Waals surface area contributed by atoms with Crippen LogP contribution in [0, 0.1) is 0 Å². The van der Waals surface area contributed by atoms with Crippen LogP contribution < -0.4 is 26.0 Å². The predicted octanol–water partition coefficient (Wildman–Crippen LogP) is 4.83. The quantitative estimate of drug-likeness (QED) is 0.299. The normalized spacial score (nSPS) is 14.7. The summed E-state index contributed by atoms with van der Waals surface area (Å²) in [4.78, 5) is 28.1. The van der Waals surface area contributed by atoms with Crippen LogP contribution in [0.5, 0.6) is 5.75 Å². The van der Waals surface area contributed by atoms with E-state index >= 15 is 0 Å². The zero-order valence-corrected chi connectivity index (χ0v) is 21.1. The zero-order valence-electron chi connectivity index (χ0n) is 21.1. The van der Waals surface area contributed by atoms with E-state index in [2.05, 4.69) is 26.2 Å². The van der Waals surface area contributed by atoms with Gasteiger partial charge in [-0.3, -0.25) is 9.59 Å². The molecule has 0 spiro atoms. The van der Waals surface area contributed by atoms with Gasteiger partial charge in [-0.2, -0.15) is 0 Å². The summed E-state index contributed by atoms with van der Waals surface area (Å²) in [6.45, 7) is 4.85. The number of rotatable bonds is 10. The maximum Gasteiger partial charge on any atom is 0.255 e. The molecule has 4 N–H and O–H groups in total. The second kappa shape index (κ2) is 11.3. The van der Waals surface area contributed by atoms with Crippen LogP contribution in [0.1, 0.15) is 45.5 Å². The van der Waals surface area contributed by atoms with Gasteiger partial charge < -0.3 is 30.9 Å². The molecule has 2 aliphatic heterocycles. The zero-order chi connectivity index (χ0) is 25.6. The van der Waals surface area contributed by atoms with E-state index in [1.807, 2.05) is 42.5 Å². The smallest absolute Gasteiger partial charge is 0.255 e. The van der Waals surface area contributed by atoms with E-state index in [0.29, 0.717) is 23.4 Å².